The number of hydrogen-bond acceptors (Lipinski definition) is 0. The Balaban J connectivity index is 1.68. The number of aromatic amines is 1. The molecule has 2 heteroatoms. The highest BCUT2D eigenvalue weighted by atomic mass is 35.5. The molecule has 2 aromatic carbocycles. The molecule has 0 aliphatic carbocycles. The van der Waals surface area contributed by atoms with Gasteiger partial charge in [-0.2, -0.15) is 0 Å². The van der Waals surface area contributed by atoms with E-state index in [0.717, 1.165) is 22.4 Å². The van der Waals surface area contributed by atoms with Crippen LogP contribution in [0, 0.1) is 11.8 Å². The van der Waals surface area contributed by atoms with Crippen molar-refractivity contribution in [1.82, 2.24) is 4.98 Å². The average Bonchev–Trinajstić information content (AvgIpc) is 2.89. The number of aromatic nitrogens is 1. The Labute approximate surface area is 150 Å². The van der Waals surface area contributed by atoms with E-state index in [9.17, 15) is 0 Å². The zero-order chi connectivity index (χ0) is 17.1. The second kappa shape index (κ2) is 7.61. The molecular formula is C22H28ClN. The monoisotopic (exact) mass is 341 g/mol. The maximum Gasteiger partial charge on any atom is 0.0479 e. The number of benzene rings is 2. The predicted molar refractivity (Wildman–Crippen MR) is 107 cm³/mol. The van der Waals surface area contributed by atoms with Gasteiger partial charge in [-0.15, -0.1) is 0 Å². The highest BCUT2D eigenvalue weighted by Crippen LogP contribution is 2.29. The second-order valence-electron chi connectivity index (χ2n) is 7.66. The average molecular weight is 342 g/mol. The molecule has 0 amide bonds. The SMILES string of the molecule is CC(C)CCCC(C)CCc1ccc2[nH]c3cc(Cl)ccc3c2c1. The standard InChI is InChI=1S/C22H28ClN/c1-15(2)5-4-6-16(3)7-8-17-9-12-21-20(13-17)19-11-10-18(23)14-22(19)24-21/h9-16,24H,4-8H2,1-3H3. The van der Waals surface area contributed by atoms with Gasteiger partial charge in [0.05, 0.1) is 0 Å². The second-order valence-corrected chi connectivity index (χ2v) is 8.10. The van der Waals surface area contributed by atoms with Crippen LogP contribution in [0.4, 0.5) is 0 Å². The Bertz CT molecular complexity index is 815. The quantitative estimate of drug-likeness (QED) is 0.461. The molecule has 1 heterocycles. The number of hydrogen-bond donors (Lipinski definition) is 1. The smallest absolute Gasteiger partial charge is 0.0479 e. The van der Waals surface area contributed by atoms with Gasteiger partial charge in [-0.3, -0.25) is 0 Å². The lowest BCUT2D eigenvalue weighted by Gasteiger charge is -2.12. The maximum absolute atomic E-state index is 6.10. The van der Waals surface area contributed by atoms with Gasteiger partial charge in [0.1, 0.15) is 0 Å². The Morgan fingerprint density at radius 2 is 1.71 bits per heavy atom. The number of nitrogens with one attached hydrogen (secondary N) is 1. The zero-order valence-electron chi connectivity index (χ0n) is 15.0. The summed E-state index contributed by atoms with van der Waals surface area (Å²) in [5.41, 5.74) is 3.76. The van der Waals surface area contributed by atoms with Crippen molar-refractivity contribution >= 4 is 33.4 Å². The van der Waals surface area contributed by atoms with Gasteiger partial charge >= 0.3 is 0 Å². The van der Waals surface area contributed by atoms with Crippen LogP contribution in [-0.2, 0) is 6.42 Å². The zero-order valence-corrected chi connectivity index (χ0v) is 15.8. The molecular weight excluding hydrogens is 314 g/mol. The summed E-state index contributed by atoms with van der Waals surface area (Å²) < 4.78 is 0. The molecule has 0 radical (unpaired) electrons. The minimum atomic E-state index is 0.782. The van der Waals surface area contributed by atoms with Crippen molar-refractivity contribution in [2.75, 3.05) is 0 Å². The number of halogens is 1. The van der Waals surface area contributed by atoms with Crippen LogP contribution in [0.1, 0.15) is 52.0 Å². The topological polar surface area (TPSA) is 15.8 Å². The number of rotatable bonds is 7. The molecule has 0 bridgehead atoms. The molecule has 0 fully saturated rings. The Morgan fingerprint density at radius 3 is 2.50 bits per heavy atom. The first-order valence-electron chi connectivity index (χ1n) is 9.23. The summed E-state index contributed by atoms with van der Waals surface area (Å²) in [5, 5.41) is 3.36. The van der Waals surface area contributed by atoms with E-state index in [1.807, 2.05) is 12.1 Å². The van der Waals surface area contributed by atoms with E-state index in [1.165, 1.54) is 54.0 Å². The normalized spacial score (nSPS) is 13.2. The summed E-state index contributed by atoms with van der Waals surface area (Å²) in [6.45, 7) is 7.02. The summed E-state index contributed by atoms with van der Waals surface area (Å²) in [6, 6.07) is 12.9. The van der Waals surface area contributed by atoms with Crippen LogP contribution in [0.25, 0.3) is 21.8 Å². The molecule has 1 unspecified atom stereocenters. The van der Waals surface area contributed by atoms with Crippen molar-refractivity contribution in [3.05, 3.63) is 47.0 Å². The van der Waals surface area contributed by atoms with Crippen molar-refractivity contribution in [2.45, 2.75) is 52.9 Å². The highest BCUT2D eigenvalue weighted by molar-refractivity contribution is 6.31. The van der Waals surface area contributed by atoms with E-state index in [2.05, 4.69) is 50.0 Å². The molecule has 3 aromatic rings. The largest absolute Gasteiger partial charge is 0.354 e. The lowest BCUT2D eigenvalue weighted by molar-refractivity contribution is 0.437. The van der Waals surface area contributed by atoms with Gasteiger partial charge in [0.15, 0.2) is 0 Å². The highest BCUT2D eigenvalue weighted by Gasteiger charge is 2.08. The molecule has 24 heavy (non-hydrogen) atoms. The Hall–Kier alpha value is -1.47. The third kappa shape index (κ3) is 4.13. The number of H-pyrrole nitrogens is 1. The number of aryl methyl sites for hydroxylation is 1. The molecule has 1 nitrogen and oxygen atoms in total. The van der Waals surface area contributed by atoms with Gasteiger partial charge < -0.3 is 4.98 Å². The van der Waals surface area contributed by atoms with Gasteiger partial charge in [-0.25, -0.2) is 0 Å². The third-order valence-electron chi connectivity index (χ3n) is 5.03. The molecule has 128 valence electrons. The molecule has 1 N–H and O–H groups in total. The van der Waals surface area contributed by atoms with Gasteiger partial charge in [-0.1, -0.05) is 63.8 Å². The molecule has 0 saturated heterocycles. The van der Waals surface area contributed by atoms with Gasteiger partial charge in [0.25, 0.3) is 0 Å². The van der Waals surface area contributed by atoms with Crippen molar-refractivity contribution in [2.24, 2.45) is 11.8 Å². The van der Waals surface area contributed by atoms with Crippen molar-refractivity contribution in [3.8, 4) is 0 Å². The Kier molecular flexibility index (Phi) is 5.50. The van der Waals surface area contributed by atoms with E-state index in [0.29, 0.717) is 0 Å². The van der Waals surface area contributed by atoms with Gasteiger partial charge in [0.2, 0.25) is 0 Å². The molecule has 3 rings (SSSR count). The van der Waals surface area contributed by atoms with E-state index in [4.69, 9.17) is 11.6 Å². The summed E-state index contributed by atoms with van der Waals surface area (Å²) in [4.78, 5) is 3.46. The first kappa shape index (κ1) is 17.4. The lowest BCUT2D eigenvalue weighted by Crippen LogP contribution is -1.99. The summed E-state index contributed by atoms with van der Waals surface area (Å²) in [7, 11) is 0. The first-order valence-corrected chi connectivity index (χ1v) is 9.60. The van der Waals surface area contributed by atoms with Gasteiger partial charge in [0, 0.05) is 26.8 Å². The van der Waals surface area contributed by atoms with Crippen LogP contribution in [0.15, 0.2) is 36.4 Å². The van der Waals surface area contributed by atoms with Crippen LogP contribution in [0.3, 0.4) is 0 Å². The Morgan fingerprint density at radius 1 is 0.875 bits per heavy atom. The minimum Gasteiger partial charge on any atom is -0.354 e. The van der Waals surface area contributed by atoms with E-state index < -0.39 is 0 Å². The minimum absolute atomic E-state index is 0.782. The fraction of sp³-hybridized carbons (Fsp3) is 0.455. The van der Waals surface area contributed by atoms with E-state index in [1.54, 1.807) is 0 Å². The lowest BCUT2D eigenvalue weighted by atomic mass is 9.94. The van der Waals surface area contributed by atoms with Crippen molar-refractivity contribution < 1.29 is 0 Å². The summed E-state index contributed by atoms with van der Waals surface area (Å²) in [5.74, 6) is 1.64. The van der Waals surface area contributed by atoms with Crippen molar-refractivity contribution in [1.29, 1.82) is 0 Å². The predicted octanol–water partition coefficient (Wildman–Crippen LogP) is 7.37. The van der Waals surface area contributed by atoms with E-state index >= 15 is 0 Å². The molecule has 0 aliphatic heterocycles. The first-order chi connectivity index (χ1) is 11.5. The van der Waals surface area contributed by atoms with Crippen LogP contribution in [0.5, 0.6) is 0 Å². The van der Waals surface area contributed by atoms with E-state index in [-0.39, 0.29) is 0 Å². The molecule has 0 spiro atoms. The van der Waals surface area contributed by atoms with Gasteiger partial charge in [-0.05, 0) is 54.5 Å². The van der Waals surface area contributed by atoms with Crippen LogP contribution < -0.4 is 0 Å². The molecule has 1 aromatic heterocycles. The number of fused-ring (bicyclic) bond motifs is 3. The molecule has 1 atom stereocenters. The van der Waals surface area contributed by atoms with Crippen LogP contribution >= 0.6 is 11.6 Å². The fourth-order valence-electron chi connectivity index (χ4n) is 3.51. The molecule has 0 aliphatic rings. The van der Waals surface area contributed by atoms with Crippen LogP contribution in [-0.4, -0.2) is 4.98 Å². The summed E-state index contributed by atoms with van der Waals surface area (Å²) >= 11 is 6.10. The third-order valence-corrected chi connectivity index (χ3v) is 5.26. The maximum atomic E-state index is 6.10. The fourth-order valence-corrected chi connectivity index (χ4v) is 3.68. The molecule has 0 saturated carbocycles. The van der Waals surface area contributed by atoms with Crippen molar-refractivity contribution in [3.63, 3.8) is 0 Å². The van der Waals surface area contributed by atoms with Crippen LogP contribution in [0.2, 0.25) is 5.02 Å². The summed E-state index contributed by atoms with van der Waals surface area (Å²) in [6.07, 6.45) is 6.51.